The van der Waals surface area contributed by atoms with Gasteiger partial charge in [-0.05, 0) is 28.9 Å². The van der Waals surface area contributed by atoms with Gasteiger partial charge in [0.2, 0.25) is 0 Å². The zero-order valence-corrected chi connectivity index (χ0v) is 19.2. The minimum Gasteiger partial charge on any atom is -0.497 e. The Kier molecular flexibility index (Phi) is 5.40. The zero-order chi connectivity index (χ0) is 19.7. The molecule has 0 spiro atoms. The van der Waals surface area contributed by atoms with E-state index in [0.717, 1.165) is 11.3 Å². The Bertz CT molecular complexity index is 964. The number of methoxy groups -OCH3 is 1. The molecular weight excluding hydrogens is 362 g/mol. The molecule has 3 rings (SSSR count). The van der Waals surface area contributed by atoms with E-state index in [1.165, 1.54) is 21.3 Å². The summed E-state index contributed by atoms with van der Waals surface area (Å²) in [5, 5.41) is 4.13. The lowest BCUT2D eigenvalue weighted by Crippen LogP contribution is -2.44. The van der Waals surface area contributed by atoms with Gasteiger partial charge in [-0.15, -0.1) is 0 Å². The number of fused-ring (bicyclic) bond motifs is 1. The van der Waals surface area contributed by atoms with Gasteiger partial charge in [-0.2, -0.15) is 0 Å². The predicted octanol–water partition coefficient (Wildman–Crippen LogP) is 5.66. The van der Waals surface area contributed by atoms with Crippen molar-refractivity contribution in [2.45, 2.75) is 32.7 Å². The Morgan fingerprint density at radius 3 is 2.19 bits per heavy atom. The molecule has 27 heavy (non-hydrogen) atoms. The van der Waals surface area contributed by atoms with Crippen molar-refractivity contribution in [1.82, 2.24) is 4.98 Å². The lowest BCUT2D eigenvalue weighted by molar-refractivity contribution is 0.415. The molecule has 0 aliphatic rings. The highest BCUT2D eigenvalue weighted by Crippen LogP contribution is 2.31. The molecule has 4 heteroatoms. The van der Waals surface area contributed by atoms with Crippen molar-refractivity contribution in [2.24, 2.45) is 0 Å². The highest BCUT2D eigenvalue weighted by Gasteiger charge is 2.32. The molecule has 0 radical (unpaired) electrons. The van der Waals surface area contributed by atoms with Crippen LogP contribution >= 0.6 is 0 Å². The topological polar surface area (TPSA) is 22.1 Å². The molecule has 0 bridgehead atoms. The second-order valence-corrected chi connectivity index (χ2v) is 18.0. The average molecular weight is 392 g/mol. The summed E-state index contributed by atoms with van der Waals surface area (Å²) >= 11 is 0. The Labute approximate surface area is 164 Å². The summed E-state index contributed by atoms with van der Waals surface area (Å²) in [6.07, 6.45) is 1.91. The normalized spacial score (nSPS) is 13.0. The fraction of sp³-hybridized carbons (Fsp3) is 0.261. The van der Waals surface area contributed by atoms with E-state index in [1.54, 1.807) is 7.11 Å². The van der Waals surface area contributed by atoms with Gasteiger partial charge in [0.25, 0.3) is 0 Å². The van der Waals surface area contributed by atoms with E-state index in [9.17, 15) is 0 Å². The summed E-state index contributed by atoms with van der Waals surface area (Å²) in [5.41, 5.74) is 5.04. The molecule has 0 N–H and O–H groups in total. The van der Waals surface area contributed by atoms with Crippen LogP contribution in [0.15, 0.2) is 66.5 Å². The summed E-state index contributed by atoms with van der Waals surface area (Å²) in [5.74, 6) is 0.900. The minimum absolute atomic E-state index is 0.900. The zero-order valence-electron chi connectivity index (χ0n) is 17.2. The number of ether oxygens (including phenoxy) is 1. The Morgan fingerprint density at radius 2 is 1.56 bits per heavy atom. The van der Waals surface area contributed by atoms with Gasteiger partial charge >= 0.3 is 0 Å². The number of pyridine rings is 1. The predicted molar refractivity (Wildman–Crippen MR) is 123 cm³/mol. The quantitative estimate of drug-likeness (QED) is 0.524. The van der Waals surface area contributed by atoms with Crippen molar-refractivity contribution in [2.75, 3.05) is 7.11 Å². The number of para-hydroxylation sites is 1. The first kappa shape index (κ1) is 19.6. The second kappa shape index (κ2) is 7.45. The third kappa shape index (κ3) is 4.22. The monoisotopic (exact) mass is 391 g/mol. The van der Waals surface area contributed by atoms with Gasteiger partial charge in [-0.1, -0.05) is 80.0 Å². The second-order valence-electron chi connectivity index (χ2n) is 8.66. The van der Waals surface area contributed by atoms with Crippen LogP contribution in [-0.4, -0.2) is 28.2 Å². The molecule has 140 valence electrons. The van der Waals surface area contributed by atoms with Crippen molar-refractivity contribution in [3.8, 4) is 5.75 Å². The standard InChI is InChI=1S/C23H29NOSi2/c1-25-20-14-12-18(13-15-20)22(17-26(2,3)4)27(5,6)21-11-7-9-19-10-8-16-24-23(19)21/h7-17H,1-6H3/b22-17+. The van der Waals surface area contributed by atoms with Gasteiger partial charge in [0.1, 0.15) is 13.8 Å². The third-order valence-electron chi connectivity index (χ3n) is 4.96. The molecule has 1 heterocycles. The summed E-state index contributed by atoms with van der Waals surface area (Å²) < 4.78 is 5.37. The van der Waals surface area contributed by atoms with Gasteiger partial charge < -0.3 is 4.74 Å². The molecule has 1 aromatic heterocycles. The Balaban J connectivity index is 2.22. The highest BCUT2D eigenvalue weighted by atomic mass is 28.3. The number of hydrogen-bond donors (Lipinski definition) is 0. The fourth-order valence-corrected chi connectivity index (χ4v) is 9.85. The van der Waals surface area contributed by atoms with Gasteiger partial charge in [0, 0.05) is 11.6 Å². The van der Waals surface area contributed by atoms with Crippen LogP contribution in [0.1, 0.15) is 5.56 Å². The van der Waals surface area contributed by atoms with Crippen LogP contribution in [0.4, 0.5) is 0 Å². The van der Waals surface area contributed by atoms with Crippen molar-refractivity contribution in [1.29, 1.82) is 0 Å². The number of benzene rings is 2. The van der Waals surface area contributed by atoms with Crippen molar-refractivity contribution >= 4 is 37.4 Å². The van der Waals surface area contributed by atoms with Crippen molar-refractivity contribution in [3.63, 3.8) is 0 Å². The van der Waals surface area contributed by atoms with E-state index in [1.807, 2.05) is 12.3 Å². The molecule has 0 aliphatic heterocycles. The first-order chi connectivity index (χ1) is 12.7. The van der Waals surface area contributed by atoms with Gasteiger partial charge in [-0.3, -0.25) is 4.98 Å². The highest BCUT2D eigenvalue weighted by molar-refractivity contribution is 7.07. The summed E-state index contributed by atoms with van der Waals surface area (Å²) in [4.78, 5) is 4.75. The lowest BCUT2D eigenvalue weighted by atomic mass is 10.2. The molecular formula is C23H29NOSi2. The van der Waals surface area contributed by atoms with Crippen LogP contribution in [0.3, 0.4) is 0 Å². The van der Waals surface area contributed by atoms with Gasteiger partial charge in [0.05, 0.1) is 20.7 Å². The van der Waals surface area contributed by atoms with E-state index >= 15 is 0 Å². The summed E-state index contributed by atoms with van der Waals surface area (Å²) in [6, 6.07) is 19.3. The van der Waals surface area contributed by atoms with Crippen LogP contribution in [0.25, 0.3) is 16.1 Å². The largest absolute Gasteiger partial charge is 0.497 e. The molecule has 3 aromatic rings. The Morgan fingerprint density at radius 1 is 0.889 bits per heavy atom. The van der Waals surface area contributed by atoms with E-state index < -0.39 is 16.1 Å². The third-order valence-corrected chi connectivity index (χ3v) is 9.93. The van der Waals surface area contributed by atoms with E-state index in [2.05, 4.69) is 87.0 Å². The van der Waals surface area contributed by atoms with Crippen LogP contribution in [0, 0.1) is 0 Å². The van der Waals surface area contributed by atoms with Crippen LogP contribution in [0.5, 0.6) is 5.75 Å². The maximum absolute atomic E-state index is 5.37. The Hall–Kier alpha value is -2.18. The van der Waals surface area contributed by atoms with E-state index in [4.69, 9.17) is 9.72 Å². The van der Waals surface area contributed by atoms with E-state index in [0.29, 0.717) is 0 Å². The minimum atomic E-state index is -1.96. The maximum Gasteiger partial charge on any atom is 0.118 e. The first-order valence-corrected chi connectivity index (χ1v) is 16.0. The number of hydrogen-bond acceptors (Lipinski definition) is 2. The molecule has 0 unspecified atom stereocenters. The number of aromatic nitrogens is 1. The van der Waals surface area contributed by atoms with Crippen LogP contribution in [-0.2, 0) is 0 Å². The molecule has 0 atom stereocenters. The fourth-order valence-electron chi connectivity index (χ4n) is 3.58. The molecule has 0 saturated carbocycles. The summed E-state index contributed by atoms with van der Waals surface area (Å²) in [7, 11) is -1.66. The average Bonchev–Trinajstić information content (AvgIpc) is 2.65. The smallest absolute Gasteiger partial charge is 0.118 e. The first-order valence-electron chi connectivity index (χ1n) is 9.44. The van der Waals surface area contributed by atoms with Gasteiger partial charge in [-0.25, -0.2) is 0 Å². The number of rotatable bonds is 5. The van der Waals surface area contributed by atoms with Crippen molar-refractivity contribution < 1.29 is 4.74 Å². The van der Waals surface area contributed by atoms with Crippen LogP contribution < -0.4 is 9.92 Å². The molecule has 0 fully saturated rings. The molecule has 0 aliphatic carbocycles. The van der Waals surface area contributed by atoms with Crippen LogP contribution in [0.2, 0.25) is 32.7 Å². The van der Waals surface area contributed by atoms with E-state index in [-0.39, 0.29) is 0 Å². The molecule has 0 amide bonds. The van der Waals surface area contributed by atoms with Gasteiger partial charge in [0.15, 0.2) is 0 Å². The lowest BCUT2D eigenvalue weighted by Gasteiger charge is -2.30. The summed E-state index contributed by atoms with van der Waals surface area (Å²) in [6.45, 7) is 12.1. The molecule has 0 saturated heterocycles. The molecule has 2 nitrogen and oxygen atoms in total. The maximum atomic E-state index is 5.37. The van der Waals surface area contributed by atoms with Crippen molar-refractivity contribution in [3.05, 3.63) is 72.1 Å². The SMILES string of the molecule is COc1ccc(/C(=C\[Si](C)(C)C)[Si](C)(C)c2cccc3cccnc23)cc1. The number of nitrogens with zero attached hydrogens (tertiary/aromatic N) is 1. The molecule has 2 aromatic carbocycles.